The van der Waals surface area contributed by atoms with Crippen molar-refractivity contribution in [3.63, 3.8) is 0 Å². The second kappa shape index (κ2) is 8.05. The predicted molar refractivity (Wildman–Crippen MR) is 108 cm³/mol. The van der Waals surface area contributed by atoms with E-state index in [1.54, 1.807) is 0 Å². The molecule has 0 amide bonds. The van der Waals surface area contributed by atoms with Gasteiger partial charge in [-0.15, -0.1) is 0 Å². The predicted octanol–water partition coefficient (Wildman–Crippen LogP) is 4.03. The Bertz CT molecular complexity index is 810. The molecule has 27 heavy (non-hydrogen) atoms. The molecule has 0 spiro atoms. The molecule has 0 aliphatic carbocycles. The number of nitrogens with zero attached hydrogens (tertiary/aromatic N) is 1. The van der Waals surface area contributed by atoms with Crippen LogP contribution in [0, 0.1) is 0 Å². The van der Waals surface area contributed by atoms with E-state index in [2.05, 4.69) is 22.3 Å². The standard InChI is InChI=1S/C21H24N2O3S/c1-2-24-17-8-6-16(7-9-17)18-4-3-11-23(18)21(27)22-13-15-5-10-19-20(12-15)26-14-25-19/h5-10,12,18H,2-4,11,13-14H2,1H3,(H,22,27)/t18-/m1/s1. The van der Waals surface area contributed by atoms with Crippen molar-refractivity contribution < 1.29 is 14.2 Å². The zero-order valence-corrected chi connectivity index (χ0v) is 16.3. The Morgan fingerprint density at radius 2 is 2.00 bits per heavy atom. The quantitative estimate of drug-likeness (QED) is 0.786. The number of thiocarbonyl (C=S) groups is 1. The zero-order chi connectivity index (χ0) is 18.6. The molecule has 142 valence electrons. The fourth-order valence-electron chi connectivity index (χ4n) is 3.64. The summed E-state index contributed by atoms with van der Waals surface area (Å²) in [6.45, 7) is 4.62. The van der Waals surface area contributed by atoms with E-state index in [0.717, 1.165) is 47.3 Å². The van der Waals surface area contributed by atoms with Crippen molar-refractivity contribution >= 4 is 17.3 Å². The van der Waals surface area contributed by atoms with Crippen LogP contribution >= 0.6 is 12.2 Å². The van der Waals surface area contributed by atoms with E-state index < -0.39 is 0 Å². The number of hydrogen-bond donors (Lipinski definition) is 1. The van der Waals surface area contributed by atoms with Crippen molar-refractivity contribution in [2.24, 2.45) is 0 Å². The molecule has 0 saturated carbocycles. The molecule has 0 aromatic heterocycles. The molecule has 1 atom stereocenters. The highest BCUT2D eigenvalue weighted by Crippen LogP contribution is 2.34. The van der Waals surface area contributed by atoms with Gasteiger partial charge in [-0.2, -0.15) is 0 Å². The van der Waals surface area contributed by atoms with Crippen LogP contribution in [0.25, 0.3) is 0 Å². The Morgan fingerprint density at radius 1 is 1.19 bits per heavy atom. The Labute approximate surface area is 165 Å². The molecule has 2 aliphatic rings. The van der Waals surface area contributed by atoms with Gasteiger partial charge >= 0.3 is 0 Å². The van der Waals surface area contributed by atoms with Gasteiger partial charge in [-0.05, 0) is 67.4 Å². The number of hydrogen-bond acceptors (Lipinski definition) is 4. The molecule has 4 rings (SSSR count). The molecule has 1 saturated heterocycles. The molecule has 1 N–H and O–H groups in total. The zero-order valence-electron chi connectivity index (χ0n) is 15.4. The third-order valence-corrected chi connectivity index (χ3v) is 5.35. The highest BCUT2D eigenvalue weighted by molar-refractivity contribution is 7.80. The molecule has 5 nitrogen and oxygen atoms in total. The van der Waals surface area contributed by atoms with Crippen LogP contribution < -0.4 is 19.5 Å². The summed E-state index contributed by atoms with van der Waals surface area (Å²) in [5.41, 5.74) is 2.40. The maximum absolute atomic E-state index is 5.69. The van der Waals surface area contributed by atoms with Crippen molar-refractivity contribution in [2.75, 3.05) is 19.9 Å². The van der Waals surface area contributed by atoms with Crippen LogP contribution in [-0.4, -0.2) is 30.0 Å². The molecule has 0 unspecified atom stereocenters. The first-order valence-corrected chi connectivity index (χ1v) is 9.81. The minimum Gasteiger partial charge on any atom is -0.494 e. The number of likely N-dealkylation sites (tertiary alicyclic amines) is 1. The van der Waals surface area contributed by atoms with Gasteiger partial charge in [0.25, 0.3) is 0 Å². The summed E-state index contributed by atoms with van der Waals surface area (Å²) in [5.74, 6) is 2.51. The van der Waals surface area contributed by atoms with E-state index in [0.29, 0.717) is 26.0 Å². The number of rotatable bonds is 5. The minimum absolute atomic E-state index is 0.294. The van der Waals surface area contributed by atoms with Gasteiger partial charge in [0.05, 0.1) is 12.6 Å². The smallest absolute Gasteiger partial charge is 0.231 e. The van der Waals surface area contributed by atoms with Gasteiger partial charge in [0, 0.05) is 13.1 Å². The van der Waals surface area contributed by atoms with Crippen LogP contribution in [-0.2, 0) is 6.54 Å². The Morgan fingerprint density at radius 3 is 2.81 bits per heavy atom. The van der Waals surface area contributed by atoms with Crippen molar-refractivity contribution in [2.45, 2.75) is 32.4 Å². The SMILES string of the molecule is CCOc1ccc([C@H]2CCCN2C(=S)NCc2ccc3c(c2)OCO3)cc1. The third-order valence-electron chi connectivity index (χ3n) is 4.97. The first kappa shape index (κ1) is 17.9. The Balaban J connectivity index is 1.38. The van der Waals surface area contributed by atoms with Crippen molar-refractivity contribution in [1.29, 1.82) is 0 Å². The summed E-state index contributed by atoms with van der Waals surface area (Å²) in [5, 5.41) is 4.20. The lowest BCUT2D eigenvalue weighted by molar-refractivity contribution is 0.174. The minimum atomic E-state index is 0.294. The Kier molecular flexibility index (Phi) is 5.34. The highest BCUT2D eigenvalue weighted by atomic mass is 32.1. The van der Waals surface area contributed by atoms with Crippen LogP contribution in [0.1, 0.15) is 36.9 Å². The van der Waals surface area contributed by atoms with E-state index in [9.17, 15) is 0 Å². The molecule has 2 aliphatic heterocycles. The van der Waals surface area contributed by atoms with Gasteiger partial charge in [0.2, 0.25) is 6.79 Å². The number of fused-ring (bicyclic) bond motifs is 1. The number of ether oxygens (including phenoxy) is 3. The van der Waals surface area contributed by atoms with Crippen LogP contribution in [0.15, 0.2) is 42.5 Å². The topological polar surface area (TPSA) is 43.0 Å². The summed E-state index contributed by atoms with van der Waals surface area (Å²) in [6.07, 6.45) is 2.25. The van der Waals surface area contributed by atoms with Crippen LogP contribution in [0.4, 0.5) is 0 Å². The second-order valence-electron chi connectivity index (χ2n) is 6.70. The molecular formula is C21H24N2O3S. The van der Waals surface area contributed by atoms with E-state index >= 15 is 0 Å². The average molecular weight is 385 g/mol. The van der Waals surface area contributed by atoms with Gasteiger partial charge in [-0.25, -0.2) is 0 Å². The van der Waals surface area contributed by atoms with Gasteiger partial charge in [-0.3, -0.25) is 0 Å². The van der Waals surface area contributed by atoms with E-state index in [-0.39, 0.29) is 0 Å². The summed E-state index contributed by atoms with van der Waals surface area (Å²) >= 11 is 5.69. The first-order valence-electron chi connectivity index (χ1n) is 9.40. The lowest BCUT2D eigenvalue weighted by Crippen LogP contribution is -2.38. The maximum Gasteiger partial charge on any atom is 0.231 e. The van der Waals surface area contributed by atoms with Crippen molar-refractivity contribution in [3.8, 4) is 17.2 Å². The van der Waals surface area contributed by atoms with E-state index in [1.807, 2.05) is 37.3 Å². The molecule has 0 bridgehead atoms. The maximum atomic E-state index is 5.69. The first-order chi connectivity index (χ1) is 13.2. The monoisotopic (exact) mass is 384 g/mol. The van der Waals surface area contributed by atoms with Crippen molar-refractivity contribution in [3.05, 3.63) is 53.6 Å². The van der Waals surface area contributed by atoms with Gasteiger partial charge in [-0.1, -0.05) is 18.2 Å². The van der Waals surface area contributed by atoms with Crippen LogP contribution in [0.5, 0.6) is 17.2 Å². The number of nitrogens with one attached hydrogen (secondary N) is 1. The summed E-state index contributed by atoms with van der Waals surface area (Å²) in [7, 11) is 0. The van der Waals surface area contributed by atoms with E-state index in [4.69, 9.17) is 26.4 Å². The molecule has 6 heteroatoms. The van der Waals surface area contributed by atoms with E-state index in [1.165, 1.54) is 5.56 Å². The molecule has 2 aromatic rings. The molecule has 1 fully saturated rings. The van der Waals surface area contributed by atoms with Gasteiger partial charge in [0.1, 0.15) is 5.75 Å². The average Bonchev–Trinajstić information content (AvgIpc) is 3.36. The number of benzene rings is 2. The lowest BCUT2D eigenvalue weighted by Gasteiger charge is -2.28. The molecule has 2 heterocycles. The molecule has 2 aromatic carbocycles. The summed E-state index contributed by atoms with van der Waals surface area (Å²) in [6, 6.07) is 14.7. The van der Waals surface area contributed by atoms with Crippen LogP contribution in [0.3, 0.4) is 0 Å². The summed E-state index contributed by atoms with van der Waals surface area (Å²) in [4.78, 5) is 2.29. The molecular weight excluding hydrogens is 360 g/mol. The fourth-order valence-corrected chi connectivity index (χ4v) is 3.93. The normalized spacial score (nSPS) is 17.8. The fraction of sp³-hybridized carbons (Fsp3) is 0.381. The van der Waals surface area contributed by atoms with Gasteiger partial charge < -0.3 is 24.4 Å². The molecule has 0 radical (unpaired) electrons. The Hall–Kier alpha value is -2.47. The third kappa shape index (κ3) is 3.95. The highest BCUT2D eigenvalue weighted by Gasteiger charge is 2.27. The van der Waals surface area contributed by atoms with Crippen molar-refractivity contribution in [1.82, 2.24) is 10.2 Å². The van der Waals surface area contributed by atoms with Crippen LogP contribution in [0.2, 0.25) is 0 Å². The van der Waals surface area contributed by atoms with Gasteiger partial charge in [0.15, 0.2) is 16.6 Å². The second-order valence-corrected chi connectivity index (χ2v) is 7.09. The largest absolute Gasteiger partial charge is 0.494 e. The summed E-state index contributed by atoms with van der Waals surface area (Å²) < 4.78 is 16.4. The lowest BCUT2D eigenvalue weighted by atomic mass is 10.0.